The van der Waals surface area contributed by atoms with Crippen molar-refractivity contribution < 1.29 is 23.9 Å². The van der Waals surface area contributed by atoms with Crippen LogP contribution < -0.4 is 4.90 Å². The van der Waals surface area contributed by atoms with E-state index in [-0.39, 0.29) is 36.0 Å². The van der Waals surface area contributed by atoms with Crippen LogP contribution in [0.5, 0.6) is 0 Å². The zero-order valence-electron chi connectivity index (χ0n) is 22.0. The summed E-state index contributed by atoms with van der Waals surface area (Å²) in [5.74, 6) is -0.770. The van der Waals surface area contributed by atoms with Crippen molar-refractivity contribution in [2.24, 2.45) is 23.7 Å². The number of carbonyl (C=O) groups is 4. The summed E-state index contributed by atoms with van der Waals surface area (Å²) in [6.07, 6.45) is 3.07. The molecule has 0 unspecified atom stereocenters. The number of halogens is 1. The number of aromatic nitrogens is 1. The van der Waals surface area contributed by atoms with Gasteiger partial charge in [-0.25, -0.2) is 9.78 Å². The molecular weight excluding hydrogens is 584 g/mol. The second kappa shape index (κ2) is 10.0. The lowest BCUT2D eigenvalue weighted by molar-refractivity contribution is -0.123. The standard InChI is InChI=1S/C33H25BrN2O5/c34-22-11-7-19(8-12-22)28(37)17-41-33(40)25-16-27(35-26-4-2-1-3-24(25)26)18-9-13-23(14-10-18)36-31(38)29-20-5-6-21(15-20)30(29)32(36)39/h1-4,7-14,16,20-21,29-30H,5-6,15,17H2/t20-,21-,29-,30-/m0/s1. The average Bonchev–Trinajstić information content (AvgIpc) is 3.69. The van der Waals surface area contributed by atoms with E-state index in [4.69, 9.17) is 9.72 Å². The average molecular weight is 609 g/mol. The van der Waals surface area contributed by atoms with Gasteiger partial charge in [-0.3, -0.25) is 19.3 Å². The van der Waals surface area contributed by atoms with Crippen molar-refractivity contribution in [2.45, 2.75) is 19.3 Å². The minimum atomic E-state index is -0.624. The van der Waals surface area contributed by atoms with Gasteiger partial charge in [0.2, 0.25) is 11.8 Å². The fourth-order valence-electron chi connectivity index (χ4n) is 6.86. The van der Waals surface area contributed by atoms with Gasteiger partial charge in [0.05, 0.1) is 34.3 Å². The number of rotatable bonds is 6. The molecule has 2 aliphatic carbocycles. The van der Waals surface area contributed by atoms with Crippen molar-refractivity contribution in [1.29, 1.82) is 0 Å². The number of para-hydroxylation sites is 1. The van der Waals surface area contributed by atoms with Crippen LogP contribution in [0.15, 0.2) is 83.3 Å². The van der Waals surface area contributed by atoms with Crippen molar-refractivity contribution in [3.63, 3.8) is 0 Å². The van der Waals surface area contributed by atoms with E-state index < -0.39 is 5.97 Å². The summed E-state index contributed by atoms with van der Waals surface area (Å²) < 4.78 is 6.28. The Kier molecular flexibility index (Phi) is 6.31. The minimum absolute atomic E-state index is 0.0773. The van der Waals surface area contributed by atoms with E-state index in [2.05, 4.69) is 15.9 Å². The Balaban J connectivity index is 1.14. The molecular formula is C33H25BrN2O5. The molecule has 41 heavy (non-hydrogen) atoms. The summed E-state index contributed by atoms with van der Waals surface area (Å²) in [4.78, 5) is 58.4. The number of ketones is 1. The van der Waals surface area contributed by atoms with Crippen LogP contribution in [0.2, 0.25) is 0 Å². The van der Waals surface area contributed by atoms with E-state index >= 15 is 0 Å². The number of fused-ring (bicyclic) bond motifs is 6. The zero-order valence-corrected chi connectivity index (χ0v) is 23.5. The van der Waals surface area contributed by atoms with Crippen LogP contribution in [-0.2, 0) is 14.3 Å². The van der Waals surface area contributed by atoms with Crippen LogP contribution in [0.1, 0.15) is 40.0 Å². The normalized spacial score (nSPS) is 22.8. The molecule has 0 spiro atoms. The molecule has 0 radical (unpaired) electrons. The molecule has 1 saturated heterocycles. The van der Waals surface area contributed by atoms with Crippen molar-refractivity contribution in [2.75, 3.05) is 11.5 Å². The Morgan fingerprint density at radius 2 is 1.54 bits per heavy atom. The molecule has 4 aromatic rings. The van der Waals surface area contributed by atoms with Gasteiger partial charge in [0.15, 0.2) is 12.4 Å². The number of anilines is 1. The van der Waals surface area contributed by atoms with Gasteiger partial charge in [0, 0.05) is 21.0 Å². The Morgan fingerprint density at radius 1 is 0.878 bits per heavy atom. The maximum absolute atomic E-state index is 13.2. The number of hydrogen-bond donors (Lipinski definition) is 0. The molecule has 3 fully saturated rings. The molecule has 7 rings (SSSR count). The van der Waals surface area contributed by atoms with Gasteiger partial charge in [0.1, 0.15) is 0 Å². The number of hydrogen-bond acceptors (Lipinski definition) is 6. The number of Topliss-reactive ketones (excluding diaryl/α,β-unsaturated/α-hetero) is 1. The van der Waals surface area contributed by atoms with Crippen LogP contribution in [0.3, 0.4) is 0 Å². The molecule has 0 N–H and O–H groups in total. The lowest BCUT2D eigenvalue weighted by Gasteiger charge is -2.19. The largest absolute Gasteiger partial charge is 0.454 e. The Morgan fingerprint density at radius 3 is 2.22 bits per heavy atom. The van der Waals surface area contributed by atoms with Crippen molar-refractivity contribution in [3.05, 3.63) is 94.5 Å². The minimum Gasteiger partial charge on any atom is -0.454 e. The fourth-order valence-corrected chi connectivity index (χ4v) is 7.13. The lowest BCUT2D eigenvalue weighted by atomic mass is 9.81. The first kappa shape index (κ1) is 25.8. The Labute approximate surface area is 244 Å². The van der Waals surface area contributed by atoms with E-state index in [9.17, 15) is 19.2 Å². The number of carbonyl (C=O) groups excluding carboxylic acids is 4. The predicted octanol–water partition coefficient (Wildman–Crippen LogP) is 6.24. The van der Waals surface area contributed by atoms with Gasteiger partial charge in [-0.05, 0) is 67.5 Å². The van der Waals surface area contributed by atoms with E-state index in [1.807, 2.05) is 30.3 Å². The third kappa shape index (κ3) is 4.37. The van der Waals surface area contributed by atoms with E-state index in [0.717, 1.165) is 29.3 Å². The molecule has 1 aliphatic heterocycles. The third-order valence-electron chi connectivity index (χ3n) is 8.79. The van der Waals surface area contributed by atoms with E-state index in [1.165, 1.54) is 4.90 Å². The number of esters is 1. The summed E-state index contributed by atoms with van der Waals surface area (Å²) in [5, 5.41) is 0.614. The predicted molar refractivity (Wildman–Crippen MR) is 156 cm³/mol. The monoisotopic (exact) mass is 608 g/mol. The van der Waals surface area contributed by atoms with Crippen molar-refractivity contribution in [1.82, 2.24) is 4.98 Å². The lowest BCUT2D eigenvalue weighted by Crippen LogP contribution is -2.32. The molecule has 2 heterocycles. The highest BCUT2D eigenvalue weighted by Crippen LogP contribution is 2.56. The number of nitrogens with zero attached hydrogens (tertiary/aromatic N) is 2. The maximum atomic E-state index is 13.2. The van der Waals surface area contributed by atoms with Gasteiger partial charge in [-0.1, -0.05) is 58.4 Å². The number of ether oxygens (including phenoxy) is 1. The molecule has 204 valence electrons. The second-order valence-corrected chi connectivity index (χ2v) is 11.9. The van der Waals surface area contributed by atoms with Crippen LogP contribution in [0.4, 0.5) is 5.69 Å². The summed E-state index contributed by atoms with van der Waals surface area (Å²) in [6, 6.07) is 22.9. The quantitative estimate of drug-likeness (QED) is 0.146. The van der Waals surface area contributed by atoms with Crippen molar-refractivity contribution in [3.8, 4) is 11.3 Å². The zero-order chi connectivity index (χ0) is 28.2. The summed E-state index contributed by atoms with van der Waals surface area (Å²) in [6.45, 7) is -0.386. The fraction of sp³-hybridized carbons (Fsp3) is 0.242. The SMILES string of the molecule is O=C(COC(=O)c1cc(-c2ccc(N3C(=O)[C@H]4[C@H]5CC[C@@H](C5)[C@@H]4C3=O)cc2)nc2ccccc12)c1ccc(Br)cc1. The topological polar surface area (TPSA) is 93.6 Å². The molecule has 3 aromatic carbocycles. The first-order valence-corrected chi connectivity index (χ1v) is 14.5. The van der Waals surface area contributed by atoms with Gasteiger partial charge < -0.3 is 4.74 Å². The first-order valence-electron chi connectivity index (χ1n) is 13.7. The molecule has 1 aromatic heterocycles. The first-order chi connectivity index (χ1) is 19.9. The van der Waals surface area contributed by atoms with Crippen LogP contribution >= 0.6 is 15.9 Å². The Bertz CT molecular complexity index is 1710. The highest BCUT2D eigenvalue weighted by Gasteiger charge is 2.61. The van der Waals surface area contributed by atoms with Crippen LogP contribution in [0.25, 0.3) is 22.2 Å². The third-order valence-corrected chi connectivity index (χ3v) is 9.31. The van der Waals surface area contributed by atoms with Gasteiger partial charge >= 0.3 is 5.97 Å². The van der Waals surface area contributed by atoms with Gasteiger partial charge in [-0.15, -0.1) is 0 Å². The van der Waals surface area contributed by atoms with Crippen LogP contribution in [-0.4, -0.2) is 35.2 Å². The highest BCUT2D eigenvalue weighted by atomic mass is 79.9. The molecule has 2 bridgehead atoms. The van der Waals surface area contributed by atoms with E-state index in [0.29, 0.717) is 45.2 Å². The number of imide groups is 1. The molecule has 2 saturated carbocycles. The number of pyridine rings is 1. The smallest absolute Gasteiger partial charge is 0.339 e. The maximum Gasteiger partial charge on any atom is 0.339 e. The summed E-state index contributed by atoms with van der Waals surface area (Å²) in [5.41, 5.74) is 3.17. The van der Waals surface area contributed by atoms with Gasteiger partial charge in [-0.2, -0.15) is 0 Å². The molecule has 8 heteroatoms. The van der Waals surface area contributed by atoms with Crippen molar-refractivity contribution >= 4 is 56.1 Å². The van der Waals surface area contributed by atoms with Crippen LogP contribution in [0, 0.1) is 23.7 Å². The summed E-state index contributed by atoms with van der Waals surface area (Å²) >= 11 is 3.34. The summed E-state index contributed by atoms with van der Waals surface area (Å²) in [7, 11) is 0. The molecule has 4 atom stereocenters. The second-order valence-electron chi connectivity index (χ2n) is 11.0. The molecule has 7 nitrogen and oxygen atoms in total. The van der Waals surface area contributed by atoms with Gasteiger partial charge in [0.25, 0.3) is 0 Å². The highest BCUT2D eigenvalue weighted by molar-refractivity contribution is 9.10. The molecule has 3 aliphatic rings. The number of benzene rings is 3. The van der Waals surface area contributed by atoms with E-state index in [1.54, 1.807) is 48.5 Å². The number of amides is 2. The molecule has 2 amide bonds. The Hall–Kier alpha value is -4.17.